The fourth-order valence-corrected chi connectivity index (χ4v) is 3.09. The van der Waals surface area contributed by atoms with E-state index in [0.717, 1.165) is 30.9 Å². The van der Waals surface area contributed by atoms with Gasteiger partial charge >= 0.3 is 0 Å². The van der Waals surface area contributed by atoms with Gasteiger partial charge < -0.3 is 9.32 Å². The van der Waals surface area contributed by atoms with E-state index in [1.807, 2.05) is 17.0 Å². The summed E-state index contributed by atoms with van der Waals surface area (Å²) >= 11 is 1.78. The molecule has 0 unspecified atom stereocenters. The van der Waals surface area contributed by atoms with Gasteiger partial charge in [-0.1, -0.05) is 13.3 Å². The summed E-state index contributed by atoms with van der Waals surface area (Å²) in [5.41, 5.74) is 0. The topological polar surface area (TPSA) is 33.5 Å². The Hall–Kier alpha value is -0.900. The van der Waals surface area contributed by atoms with Crippen LogP contribution in [0.15, 0.2) is 22.8 Å². The van der Waals surface area contributed by atoms with Crippen molar-refractivity contribution in [2.45, 2.75) is 31.6 Å². The van der Waals surface area contributed by atoms with Gasteiger partial charge in [-0.2, -0.15) is 0 Å². The molecular weight excluding hydrogens is 222 g/mol. The van der Waals surface area contributed by atoms with Crippen LogP contribution in [0.1, 0.15) is 37.3 Å². The third kappa shape index (κ3) is 2.43. The number of unbranched alkanes of at least 4 members (excludes halogenated alkanes) is 1. The van der Waals surface area contributed by atoms with Gasteiger partial charge in [0.1, 0.15) is 11.1 Å². The monoisotopic (exact) mass is 239 g/mol. The summed E-state index contributed by atoms with van der Waals surface area (Å²) in [5, 5.41) is 0.0966. The van der Waals surface area contributed by atoms with E-state index in [1.54, 1.807) is 18.0 Å². The number of thioether (sulfide) groups is 1. The summed E-state index contributed by atoms with van der Waals surface area (Å²) in [6, 6.07) is 3.83. The first-order chi connectivity index (χ1) is 7.83. The largest absolute Gasteiger partial charge is 0.466 e. The van der Waals surface area contributed by atoms with Crippen LogP contribution in [0.25, 0.3) is 0 Å². The second kappa shape index (κ2) is 5.43. The van der Waals surface area contributed by atoms with E-state index < -0.39 is 0 Å². The highest BCUT2D eigenvalue weighted by atomic mass is 32.2. The third-order valence-electron chi connectivity index (χ3n) is 2.74. The molecule has 0 N–H and O–H groups in total. The van der Waals surface area contributed by atoms with Crippen molar-refractivity contribution in [3.8, 4) is 0 Å². The molecule has 0 radical (unpaired) electrons. The van der Waals surface area contributed by atoms with Gasteiger partial charge in [0, 0.05) is 18.7 Å². The minimum atomic E-state index is 0.0966. The Kier molecular flexibility index (Phi) is 3.93. The average molecular weight is 239 g/mol. The molecule has 1 fully saturated rings. The van der Waals surface area contributed by atoms with E-state index in [-0.39, 0.29) is 11.3 Å². The molecule has 2 heterocycles. The molecule has 1 saturated heterocycles. The van der Waals surface area contributed by atoms with E-state index in [0.29, 0.717) is 6.42 Å². The maximum absolute atomic E-state index is 12.0. The molecule has 16 heavy (non-hydrogen) atoms. The molecule has 1 aromatic heterocycles. The van der Waals surface area contributed by atoms with Gasteiger partial charge in [0.25, 0.3) is 0 Å². The molecule has 1 aliphatic heterocycles. The number of amides is 1. The normalized spacial score (nSPS) is 20.3. The number of nitrogens with zero attached hydrogens (tertiary/aromatic N) is 1. The van der Waals surface area contributed by atoms with Gasteiger partial charge in [0.15, 0.2) is 0 Å². The maximum atomic E-state index is 12.0. The molecule has 3 nitrogen and oxygen atoms in total. The minimum absolute atomic E-state index is 0.0966. The first-order valence-electron chi connectivity index (χ1n) is 5.77. The third-order valence-corrected chi connectivity index (χ3v) is 3.96. The van der Waals surface area contributed by atoms with Crippen LogP contribution < -0.4 is 0 Å². The van der Waals surface area contributed by atoms with Crippen molar-refractivity contribution in [1.82, 2.24) is 4.90 Å². The first kappa shape index (κ1) is 11.6. The standard InChI is InChI=1S/C12H17NO2S/c1-2-3-6-11(14)13-7-9-16-12(13)10-5-4-8-15-10/h4-5,8,12H,2-3,6-7,9H2,1H3/t12-/m0/s1. The fraction of sp³-hybridized carbons (Fsp3) is 0.583. The lowest BCUT2D eigenvalue weighted by molar-refractivity contribution is -0.131. The Labute approximate surface area is 100 Å². The van der Waals surface area contributed by atoms with Gasteiger partial charge in [0.2, 0.25) is 5.91 Å². The Bertz CT molecular complexity index is 337. The second-order valence-corrected chi connectivity index (χ2v) is 5.12. The molecule has 0 aliphatic carbocycles. The molecule has 1 atom stereocenters. The number of carbonyl (C=O) groups is 1. The van der Waals surface area contributed by atoms with E-state index in [4.69, 9.17) is 4.42 Å². The summed E-state index contributed by atoms with van der Waals surface area (Å²) in [7, 11) is 0. The predicted octanol–water partition coefficient (Wildman–Crippen LogP) is 3.04. The first-order valence-corrected chi connectivity index (χ1v) is 6.82. The molecule has 0 bridgehead atoms. The summed E-state index contributed by atoms with van der Waals surface area (Å²) < 4.78 is 5.39. The molecule has 2 rings (SSSR count). The number of carbonyl (C=O) groups excluding carboxylic acids is 1. The van der Waals surface area contributed by atoms with E-state index in [1.165, 1.54) is 0 Å². The lowest BCUT2D eigenvalue weighted by atomic mass is 10.2. The van der Waals surface area contributed by atoms with Crippen molar-refractivity contribution in [3.63, 3.8) is 0 Å². The van der Waals surface area contributed by atoms with Crippen molar-refractivity contribution >= 4 is 17.7 Å². The highest BCUT2D eigenvalue weighted by molar-refractivity contribution is 7.99. The van der Waals surface area contributed by atoms with Gasteiger partial charge in [-0.25, -0.2) is 0 Å². The van der Waals surface area contributed by atoms with Crippen LogP contribution in [0.3, 0.4) is 0 Å². The Morgan fingerprint density at radius 1 is 1.69 bits per heavy atom. The van der Waals surface area contributed by atoms with Crippen molar-refractivity contribution in [3.05, 3.63) is 24.2 Å². The predicted molar refractivity (Wildman–Crippen MR) is 65.1 cm³/mol. The molecule has 88 valence electrons. The van der Waals surface area contributed by atoms with Gasteiger partial charge in [-0.3, -0.25) is 4.79 Å². The summed E-state index contributed by atoms with van der Waals surface area (Å²) in [5.74, 6) is 2.16. The van der Waals surface area contributed by atoms with Crippen molar-refractivity contribution in [2.75, 3.05) is 12.3 Å². The Morgan fingerprint density at radius 3 is 3.25 bits per heavy atom. The molecule has 1 amide bonds. The smallest absolute Gasteiger partial charge is 0.223 e. The average Bonchev–Trinajstić information content (AvgIpc) is 2.94. The summed E-state index contributed by atoms with van der Waals surface area (Å²) in [6.07, 6.45) is 4.38. The highest BCUT2D eigenvalue weighted by Crippen LogP contribution is 2.38. The van der Waals surface area contributed by atoms with Gasteiger partial charge in [-0.05, 0) is 18.6 Å². The van der Waals surface area contributed by atoms with Gasteiger partial charge in [-0.15, -0.1) is 11.8 Å². The highest BCUT2D eigenvalue weighted by Gasteiger charge is 2.31. The van der Waals surface area contributed by atoms with E-state index >= 15 is 0 Å². The zero-order chi connectivity index (χ0) is 11.4. The van der Waals surface area contributed by atoms with Crippen molar-refractivity contribution in [1.29, 1.82) is 0 Å². The fourth-order valence-electron chi connectivity index (χ4n) is 1.86. The number of hydrogen-bond acceptors (Lipinski definition) is 3. The minimum Gasteiger partial charge on any atom is -0.466 e. The molecule has 1 aliphatic rings. The van der Waals surface area contributed by atoms with Crippen molar-refractivity contribution < 1.29 is 9.21 Å². The van der Waals surface area contributed by atoms with E-state index in [2.05, 4.69) is 6.92 Å². The molecule has 0 spiro atoms. The lowest BCUT2D eigenvalue weighted by Crippen LogP contribution is -2.29. The SMILES string of the molecule is CCCCC(=O)N1CCS[C@H]1c1ccco1. The number of furan rings is 1. The van der Waals surface area contributed by atoms with Crippen LogP contribution in [0, 0.1) is 0 Å². The zero-order valence-electron chi connectivity index (χ0n) is 9.52. The van der Waals surface area contributed by atoms with Crippen LogP contribution >= 0.6 is 11.8 Å². The number of hydrogen-bond donors (Lipinski definition) is 0. The quantitative estimate of drug-likeness (QED) is 0.809. The summed E-state index contributed by atoms with van der Waals surface area (Å²) in [6.45, 7) is 2.95. The molecule has 0 aromatic carbocycles. The molecule has 1 aromatic rings. The van der Waals surface area contributed by atoms with Crippen LogP contribution in [0.4, 0.5) is 0 Å². The zero-order valence-corrected chi connectivity index (χ0v) is 10.3. The number of rotatable bonds is 4. The molecule has 0 saturated carbocycles. The summed E-state index contributed by atoms with van der Waals surface area (Å²) in [4.78, 5) is 13.9. The van der Waals surface area contributed by atoms with Gasteiger partial charge in [0.05, 0.1) is 6.26 Å². The van der Waals surface area contributed by atoms with Crippen LogP contribution in [0.2, 0.25) is 0 Å². The van der Waals surface area contributed by atoms with Crippen LogP contribution in [-0.2, 0) is 4.79 Å². The Morgan fingerprint density at radius 2 is 2.56 bits per heavy atom. The maximum Gasteiger partial charge on any atom is 0.223 e. The molecular formula is C12H17NO2S. The van der Waals surface area contributed by atoms with Crippen LogP contribution in [-0.4, -0.2) is 23.1 Å². The lowest BCUT2D eigenvalue weighted by Gasteiger charge is -2.22. The van der Waals surface area contributed by atoms with Crippen molar-refractivity contribution in [2.24, 2.45) is 0 Å². The Balaban J connectivity index is 2.01. The van der Waals surface area contributed by atoms with E-state index in [9.17, 15) is 4.79 Å². The molecule has 4 heteroatoms. The van der Waals surface area contributed by atoms with Crippen LogP contribution in [0.5, 0.6) is 0 Å². The second-order valence-electron chi connectivity index (χ2n) is 3.93.